The molecule has 0 unspecified atom stereocenters. The number of methoxy groups -OCH3 is 1. The van der Waals surface area contributed by atoms with Crippen LogP contribution in [0.15, 0.2) is 36.4 Å². The van der Waals surface area contributed by atoms with Crippen LogP contribution in [0.1, 0.15) is 21.7 Å². The maximum atomic E-state index is 11.2. The molecule has 0 radical (unpaired) electrons. The number of esters is 1. The minimum absolute atomic E-state index is 0.278. The summed E-state index contributed by atoms with van der Waals surface area (Å²) in [7, 11) is 1.33. The van der Waals surface area contributed by atoms with Crippen molar-refractivity contribution in [1.29, 1.82) is 0 Å². The van der Waals surface area contributed by atoms with Crippen molar-refractivity contribution >= 4 is 18.1 Å². The molecule has 86 valence electrons. The third-order valence-corrected chi connectivity index (χ3v) is 2.25. The Bertz CT molecular complexity index is 529. The molecule has 1 aromatic heterocycles. The lowest BCUT2D eigenvalue weighted by Gasteiger charge is -1.90. The zero-order valence-electron chi connectivity index (χ0n) is 9.38. The highest BCUT2D eigenvalue weighted by molar-refractivity contribution is 5.88. The molecular formula is C13H12N2O2. The van der Waals surface area contributed by atoms with E-state index >= 15 is 0 Å². The summed E-state index contributed by atoms with van der Waals surface area (Å²) in [4.78, 5) is 11.2. The van der Waals surface area contributed by atoms with Crippen LogP contribution in [-0.2, 0) is 4.74 Å². The van der Waals surface area contributed by atoms with E-state index < -0.39 is 5.97 Å². The van der Waals surface area contributed by atoms with Crippen LogP contribution in [0.25, 0.3) is 12.2 Å². The Kier molecular flexibility index (Phi) is 3.35. The predicted molar refractivity (Wildman–Crippen MR) is 65.3 cm³/mol. The lowest BCUT2D eigenvalue weighted by atomic mass is 10.2. The molecule has 1 aromatic carbocycles. The lowest BCUT2D eigenvalue weighted by Crippen LogP contribution is -2.00. The van der Waals surface area contributed by atoms with Crippen molar-refractivity contribution in [3.05, 3.63) is 53.3 Å². The molecule has 4 nitrogen and oxygen atoms in total. The van der Waals surface area contributed by atoms with Gasteiger partial charge in [-0.25, -0.2) is 4.79 Å². The SMILES string of the molecule is COC(=O)c1cc(C=Cc2ccccc2)[nH]n1. The molecule has 0 aliphatic carbocycles. The second-order valence-corrected chi connectivity index (χ2v) is 3.44. The fourth-order valence-electron chi connectivity index (χ4n) is 1.38. The van der Waals surface area contributed by atoms with Crippen molar-refractivity contribution in [2.75, 3.05) is 7.11 Å². The fraction of sp³-hybridized carbons (Fsp3) is 0.0769. The van der Waals surface area contributed by atoms with Gasteiger partial charge in [-0.3, -0.25) is 5.10 Å². The Balaban J connectivity index is 2.12. The van der Waals surface area contributed by atoms with Crippen LogP contribution in [0.4, 0.5) is 0 Å². The lowest BCUT2D eigenvalue weighted by molar-refractivity contribution is 0.0594. The molecule has 0 bridgehead atoms. The number of nitrogens with zero attached hydrogens (tertiary/aromatic N) is 1. The quantitative estimate of drug-likeness (QED) is 0.820. The van der Waals surface area contributed by atoms with Crippen molar-refractivity contribution in [2.24, 2.45) is 0 Å². The van der Waals surface area contributed by atoms with E-state index in [0.29, 0.717) is 0 Å². The highest BCUT2D eigenvalue weighted by atomic mass is 16.5. The number of benzene rings is 1. The van der Waals surface area contributed by atoms with Crippen LogP contribution >= 0.6 is 0 Å². The van der Waals surface area contributed by atoms with Gasteiger partial charge in [-0.15, -0.1) is 0 Å². The number of rotatable bonds is 3. The van der Waals surface area contributed by atoms with E-state index in [1.54, 1.807) is 6.07 Å². The second-order valence-electron chi connectivity index (χ2n) is 3.44. The van der Waals surface area contributed by atoms with Crippen LogP contribution in [0.3, 0.4) is 0 Å². The van der Waals surface area contributed by atoms with Gasteiger partial charge in [-0.2, -0.15) is 5.10 Å². The smallest absolute Gasteiger partial charge is 0.358 e. The van der Waals surface area contributed by atoms with E-state index in [0.717, 1.165) is 11.3 Å². The first-order valence-corrected chi connectivity index (χ1v) is 5.16. The van der Waals surface area contributed by atoms with Crippen LogP contribution in [-0.4, -0.2) is 23.3 Å². The summed E-state index contributed by atoms with van der Waals surface area (Å²) in [6.07, 6.45) is 3.79. The number of H-pyrrole nitrogens is 1. The highest BCUT2D eigenvalue weighted by Crippen LogP contribution is 2.07. The van der Waals surface area contributed by atoms with Crippen LogP contribution in [0.2, 0.25) is 0 Å². The molecule has 1 heterocycles. The van der Waals surface area contributed by atoms with Crippen molar-refractivity contribution in [3.63, 3.8) is 0 Å². The Labute approximate surface area is 98.9 Å². The molecule has 1 N–H and O–H groups in total. The number of aromatic nitrogens is 2. The second kappa shape index (κ2) is 5.12. The normalized spacial score (nSPS) is 10.6. The van der Waals surface area contributed by atoms with Gasteiger partial charge < -0.3 is 4.74 Å². The topological polar surface area (TPSA) is 55.0 Å². The molecule has 2 aromatic rings. The van der Waals surface area contributed by atoms with E-state index in [9.17, 15) is 4.79 Å². The van der Waals surface area contributed by atoms with Crippen molar-refractivity contribution in [2.45, 2.75) is 0 Å². The molecule has 0 amide bonds. The van der Waals surface area contributed by atoms with E-state index in [-0.39, 0.29) is 5.69 Å². The van der Waals surface area contributed by atoms with Gasteiger partial charge in [0.25, 0.3) is 0 Å². The van der Waals surface area contributed by atoms with Gasteiger partial charge >= 0.3 is 5.97 Å². The Morgan fingerprint density at radius 2 is 2.06 bits per heavy atom. The number of carbonyl (C=O) groups is 1. The molecule has 0 saturated carbocycles. The van der Waals surface area contributed by atoms with Gasteiger partial charge in [-0.1, -0.05) is 36.4 Å². The number of hydrogen-bond acceptors (Lipinski definition) is 3. The highest BCUT2D eigenvalue weighted by Gasteiger charge is 2.08. The first kappa shape index (κ1) is 11.1. The summed E-state index contributed by atoms with van der Waals surface area (Å²) in [6.45, 7) is 0. The summed E-state index contributed by atoms with van der Waals surface area (Å²) >= 11 is 0. The van der Waals surface area contributed by atoms with Crippen LogP contribution < -0.4 is 0 Å². The average molecular weight is 228 g/mol. The molecule has 0 aliphatic rings. The predicted octanol–water partition coefficient (Wildman–Crippen LogP) is 2.37. The molecule has 0 aliphatic heterocycles. The van der Waals surface area contributed by atoms with E-state index in [1.165, 1.54) is 7.11 Å². The summed E-state index contributed by atoms with van der Waals surface area (Å²) < 4.78 is 4.57. The molecule has 0 spiro atoms. The van der Waals surface area contributed by atoms with Gasteiger partial charge in [0.15, 0.2) is 5.69 Å². The third-order valence-electron chi connectivity index (χ3n) is 2.25. The van der Waals surface area contributed by atoms with E-state index in [1.807, 2.05) is 42.5 Å². The first-order chi connectivity index (χ1) is 8.29. The largest absolute Gasteiger partial charge is 0.464 e. The number of carbonyl (C=O) groups excluding carboxylic acids is 1. The monoisotopic (exact) mass is 228 g/mol. The zero-order valence-corrected chi connectivity index (χ0v) is 9.38. The van der Waals surface area contributed by atoms with Gasteiger partial charge in [0.1, 0.15) is 0 Å². The summed E-state index contributed by atoms with van der Waals surface area (Å²) in [5.41, 5.74) is 2.12. The number of ether oxygens (including phenoxy) is 1. The van der Waals surface area contributed by atoms with Crippen molar-refractivity contribution < 1.29 is 9.53 Å². The summed E-state index contributed by atoms with van der Waals surface area (Å²) in [5.74, 6) is -0.444. The standard InChI is InChI=1S/C13H12N2O2/c1-17-13(16)12-9-11(14-15-12)8-7-10-5-3-2-4-6-10/h2-9H,1H3,(H,14,15). The van der Waals surface area contributed by atoms with Gasteiger partial charge in [-0.05, 0) is 17.7 Å². The van der Waals surface area contributed by atoms with Gasteiger partial charge in [0.2, 0.25) is 0 Å². The number of aromatic amines is 1. The fourth-order valence-corrected chi connectivity index (χ4v) is 1.38. The molecule has 2 rings (SSSR count). The molecule has 17 heavy (non-hydrogen) atoms. The van der Waals surface area contributed by atoms with Gasteiger partial charge in [0, 0.05) is 0 Å². The molecule has 0 atom stereocenters. The van der Waals surface area contributed by atoms with E-state index in [4.69, 9.17) is 0 Å². The van der Waals surface area contributed by atoms with Gasteiger partial charge in [0.05, 0.1) is 12.8 Å². The van der Waals surface area contributed by atoms with Crippen molar-refractivity contribution in [1.82, 2.24) is 10.2 Å². The summed E-state index contributed by atoms with van der Waals surface area (Å²) in [5, 5.41) is 6.60. The van der Waals surface area contributed by atoms with Crippen molar-refractivity contribution in [3.8, 4) is 0 Å². The number of nitrogens with one attached hydrogen (secondary N) is 1. The number of hydrogen-bond donors (Lipinski definition) is 1. The molecule has 0 fully saturated rings. The zero-order chi connectivity index (χ0) is 12.1. The Hall–Kier alpha value is -2.36. The molecule has 0 saturated heterocycles. The summed E-state index contributed by atoms with van der Waals surface area (Å²) in [6, 6.07) is 11.5. The van der Waals surface area contributed by atoms with Crippen LogP contribution in [0.5, 0.6) is 0 Å². The molecular weight excluding hydrogens is 216 g/mol. The Morgan fingerprint density at radius 3 is 2.76 bits per heavy atom. The minimum Gasteiger partial charge on any atom is -0.464 e. The molecule has 4 heteroatoms. The average Bonchev–Trinajstić information content (AvgIpc) is 2.85. The maximum absolute atomic E-state index is 11.2. The van der Waals surface area contributed by atoms with E-state index in [2.05, 4.69) is 14.9 Å². The third kappa shape index (κ3) is 2.81. The Morgan fingerprint density at radius 1 is 1.29 bits per heavy atom. The van der Waals surface area contributed by atoms with Crippen LogP contribution in [0, 0.1) is 0 Å². The minimum atomic E-state index is -0.444. The maximum Gasteiger partial charge on any atom is 0.358 e. The first-order valence-electron chi connectivity index (χ1n) is 5.16.